The Morgan fingerprint density at radius 1 is 1.09 bits per heavy atom. The Kier molecular flexibility index (Phi) is 7.91. The number of allylic oxidation sites excluding steroid dienone is 1. The van der Waals surface area contributed by atoms with Crippen LogP contribution in [0.4, 0.5) is 5.69 Å². The number of anilines is 1. The number of piperidine rings is 1. The molecule has 35 heavy (non-hydrogen) atoms. The highest BCUT2D eigenvalue weighted by molar-refractivity contribution is 7.93. The molecule has 0 atom stereocenters. The molecule has 0 spiro atoms. The van der Waals surface area contributed by atoms with Crippen molar-refractivity contribution in [2.75, 3.05) is 37.7 Å². The first-order valence-electron chi connectivity index (χ1n) is 12.1. The van der Waals surface area contributed by atoms with Gasteiger partial charge in [-0.3, -0.25) is 0 Å². The van der Waals surface area contributed by atoms with Crippen LogP contribution < -0.4 is 9.62 Å². The maximum absolute atomic E-state index is 12.5. The standard InChI is InChI=1S/C27H32N4O3S/c1-3-34-16-13-29-35(32,33)26(20-28)19-24-11-12-27(30(24)2)23-8-7-22-18-25(10-9-21(22)17-23)31-14-5-4-6-15-31/h7-12,17-19,29H,3-6,13-16H2,1-2H3/b26-19+. The summed E-state index contributed by atoms with van der Waals surface area (Å²) in [5.74, 6) is 0. The lowest BCUT2D eigenvalue weighted by Crippen LogP contribution is -2.29. The molecule has 0 aliphatic carbocycles. The van der Waals surface area contributed by atoms with Crippen LogP contribution >= 0.6 is 0 Å². The van der Waals surface area contributed by atoms with E-state index in [-0.39, 0.29) is 18.1 Å². The van der Waals surface area contributed by atoms with Crippen molar-refractivity contribution in [2.24, 2.45) is 7.05 Å². The quantitative estimate of drug-likeness (QED) is 0.347. The smallest absolute Gasteiger partial charge is 0.250 e. The van der Waals surface area contributed by atoms with E-state index in [1.807, 2.05) is 36.7 Å². The molecular formula is C27H32N4O3S. The summed E-state index contributed by atoms with van der Waals surface area (Å²) in [7, 11) is -2.04. The SMILES string of the molecule is CCOCCNS(=O)(=O)/C(C#N)=C/c1ccc(-c2ccc3cc(N4CCCCC4)ccc3c2)n1C. The Balaban J connectivity index is 1.57. The van der Waals surface area contributed by atoms with Gasteiger partial charge in [-0.1, -0.05) is 18.2 Å². The van der Waals surface area contributed by atoms with Crippen molar-refractivity contribution in [1.82, 2.24) is 9.29 Å². The molecule has 1 N–H and O–H groups in total. The molecule has 1 aromatic heterocycles. The molecule has 8 heteroatoms. The van der Waals surface area contributed by atoms with Crippen molar-refractivity contribution in [1.29, 1.82) is 5.26 Å². The minimum atomic E-state index is -3.91. The van der Waals surface area contributed by atoms with Crippen molar-refractivity contribution >= 4 is 32.6 Å². The summed E-state index contributed by atoms with van der Waals surface area (Å²) >= 11 is 0. The number of sulfonamides is 1. The molecule has 1 aliphatic rings. The van der Waals surface area contributed by atoms with Crippen LogP contribution in [0.25, 0.3) is 28.1 Å². The molecule has 184 valence electrons. The van der Waals surface area contributed by atoms with Gasteiger partial charge in [-0.2, -0.15) is 5.26 Å². The molecule has 0 bridgehead atoms. The lowest BCUT2D eigenvalue weighted by Gasteiger charge is -2.29. The Hall–Kier alpha value is -3.12. The molecule has 4 rings (SSSR count). The third kappa shape index (κ3) is 5.76. The van der Waals surface area contributed by atoms with Gasteiger partial charge in [0.25, 0.3) is 10.0 Å². The van der Waals surface area contributed by atoms with E-state index in [9.17, 15) is 13.7 Å². The van der Waals surface area contributed by atoms with E-state index in [0.29, 0.717) is 12.3 Å². The van der Waals surface area contributed by atoms with Gasteiger partial charge in [0.2, 0.25) is 0 Å². The summed E-state index contributed by atoms with van der Waals surface area (Å²) in [5, 5.41) is 11.8. The maximum atomic E-state index is 12.5. The molecule has 0 unspecified atom stereocenters. The zero-order valence-electron chi connectivity index (χ0n) is 20.3. The van der Waals surface area contributed by atoms with Crippen LogP contribution in [0.3, 0.4) is 0 Å². The number of aromatic nitrogens is 1. The van der Waals surface area contributed by atoms with Crippen LogP contribution in [0.1, 0.15) is 31.9 Å². The Labute approximate surface area is 207 Å². The summed E-state index contributed by atoms with van der Waals surface area (Å²) < 4.78 is 34.5. The number of hydrogen-bond acceptors (Lipinski definition) is 5. The molecule has 7 nitrogen and oxygen atoms in total. The number of ether oxygens (including phenoxy) is 1. The molecule has 1 saturated heterocycles. The van der Waals surface area contributed by atoms with Crippen molar-refractivity contribution in [3.8, 4) is 17.3 Å². The molecule has 1 fully saturated rings. The lowest BCUT2D eigenvalue weighted by molar-refractivity contribution is 0.153. The fraction of sp³-hybridized carbons (Fsp3) is 0.370. The second kappa shape index (κ2) is 11.1. The second-order valence-electron chi connectivity index (χ2n) is 8.71. The minimum Gasteiger partial charge on any atom is -0.380 e. The van der Waals surface area contributed by atoms with Gasteiger partial charge in [-0.15, -0.1) is 0 Å². The van der Waals surface area contributed by atoms with Gasteiger partial charge in [0.1, 0.15) is 6.07 Å². The molecule has 0 amide bonds. The molecule has 2 heterocycles. The fourth-order valence-electron chi connectivity index (χ4n) is 4.48. The zero-order chi connectivity index (χ0) is 24.8. The monoisotopic (exact) mass is 492 g/mol. The van der Waals surface area contributed by atoms with Gasteiger partial charge >= 0.3 is 0 Å². The number of rotatable bonds is 9. The summed E-state index contributed by atoms with van der Waals surface area (Å²) in [4.78, 5) is 2.13. The van der Waals surface area contributed by atoms with E-state index in [2.05, 4.69) is 46.0 Å². The fourth-order valence-corrected chi connectivity index (χ4v) is 5.38. The summed E-state index contributed by atoms with van der Waals surface area (Å²) in [6.45, 7) is 4.94. The minimum absolute atomic E-state index is 0.115. The highest BCUT2D eigenvalue weighted by Gasteiger charge is 2.18. The van der Waals surface area contributed by atoms with Crippen LogP contribution in [-0.4, -0.2) is 45.8 Å². The van der Waals surface area contributed by atoms with E-state index in [0.717, 1.165) is 29.7 Å². The first-order chi connectivity index (χ1) is 16.9. The highest BCUT2D eigenvalue weighted by atomic mass is 32.2. The normalized spacial score (nSPS) is 14.9. The van der Waals surface area contributed by atoms with E-state index < -0.39 is 10.0 Å². The summed E-state index contributed by atoms with van der Waals surface area (Å²) in [5.41, 5.74) is 3.88. The lowest BCUT2D eigenvalue weighted by atomic mass is 10.0. The maximum Gasteiger partial charge on any atom is 0.250 e. The number of nitrogens with zero attached hydrogens (tertiary/aromatic N) is 3. The second-order valence-corrected chi connectivity index (χ2v) is 10.4. The van der Waals surface area contributed by atoms with Crippen molar-refractivity contribution in [2.45, 2.75) is 26.2 Å². The van der Waals surface area contributed by atoms with Gasteiger partial charge < -0.3 is 14.2 Å². The van der Waals surface area contributed by atoms with Crippen molar-refractivity contribution in [3.63, 3.8) is 0 Å². The van der Waals surface area contributed by atoms with E-state index >= 15 is 0 Å². The van der Waals surface area contributed by atoms with Crippen LogP contribution in [0.15, 0.2) is 53.4 Å². The summed E-state index contributed by atoms with van der Waals surface area (Å²) in [6, 6.07) is 18.6. The zero-order valence-corrected chi connectivity index (χ0v) is 21.1. The van der Waals surface area contributed by atoms with Crippen LogP contribution in [-0.2, 0) is 21.8 Å². The van der Waals surface area contributed by atoms with Crippen LogP contribution in [0, 0.1) is 11.3 Å². The predicted molar refractivity (Wildman–Crippen MR) is 141 cm³/mol. The van der Waals surface area contributed by atoms with Crippen molar-refractivity contribution in [3.05, 3.63) is 59.1 Å². The molecule has 1 aliphatic heterocycles. The molecular weight excluding hydrogens is 460 g/mol. The average Bonchev–Trinajstić information content (AvgIpc) is 3.24. The van der Waals surface area contributed by atoms with Gasteiger partial charge in [0.15, 0.2) is 4.91 Å². The Morgan fingerprint density at radius 2 is 1.83 bits per heavy atom. The highest BCUT2D eigenvalue weighted by Crippen LogP contribution is 2.30. The number of benzene rings is 2. The third-order valence-corrected chi connectivity index (χ3v) is 7.80. The largest absolute Gasteiger partial charge is 0.380 e. The van der Waals surface area contributed by atoms with Gasteiger partial charge in [0, 0.05) is 50.4 Å². The number of nitriles is 1. The Bertz CT molecular complexity index is 1360. The predicted octanol–water partition coefficient (Wildman–Crippen LogP) is 4.66. The first kappa shape index (κ1) is 25.0. The average molecular weight is 493 g/mol. The number of nitrogens with one attached hydrogen (secondary N) is 1. The van der Waals surface area contributed by atoms with Gasteiger partial charge in [0.05, 0.1) is 6.61 Å². The van der Waals surface area contributed by atoms with Crippen molar-refractivity contribution < 1.29 is 13.2 Å². The van der Waals surface area contributed by atoms with Gasteiger partial charge in [-0.25, -0.2) is 13.1 Å². The van der Waals surface area contributed by atoms with E-state index in [1.54, 1.807) is 0 Å². The van der Waals surface area contributed by atoms with Crippen LogP contribution in [0.5, 0.6) is 0 Å². The topological polar surface area (TPSA) is 87.4 Å². The molecule has 3 aromatic rings. The molecule has 2 aromatic carbocycles. The van der Waals surface area contributed by atoms with E-state index in [4.69, 9.17) is 4.74 Å². The number of fused-ring (bicyclic) bond motifs is 1. The Morgan fingerprint density at radius 3 is 2.57 bits per heavy atom. The van der Waals surface area contributed by atoms with Crippen LogP contribution in [0.2, 0.25) is 0 Å². The van der Waals surface area contributed by atoms with Gasteiger partial charge in [-0.05, 0) is 78.9 Å². The number of hydrogen-bond donors (Lipinski definition) is 1. The summed E-state index contributed by atoms with van der Waals surface area (Å²) in [6.07, 6.45) is 5.21. The third-order valence-electron chi connectivity index (χ3n) is 6.42. The first-order valence-corrected chi connectivity index (χ1v) is 13.6. The molecule has 0 radical (unpaired) electrons. The van der Waals surface area contributed by atoms with E-state index in [1.165, 1.54) is 36.4 Å². The molecule has 0 saturated carbocycles.